The van der Waals surface area contributed by atoms with Crippen molar-refractivity contribution in [2.45, 2.75) is 50.7 Å². The van der Waals surface area contributed by atoms with Crippen LogP contribution in [0.1, 0.15) is 85.8 Å². The number of imide groups is 2. The van der Waals surface area contributed by atoms with Gasteiger partial charge in [-0.05, 0) is 80.1 Å². The van der Waals surface area contributed by atoms with E-state index in [2.05, 4.69) is 36.3 Å². The Balaban J connectivity index is 0.754. The lowest BCUT2D eigenvalue weighted by Gasteiger charge is -2.27. The van der Waals surface area contributed by atoms with Crippen molar-refractivity contribution in [3.05, 3.63) is 101 Å². The number of oxazole rings is 1. The molecule has 1 unspecified atom stereocenters. The Morgan fingerprint density at radius 3 is 2.45 bits per heavy atom. The van der Waals surface area contributed by atoms with Gasteiger partial charge in [0.05, 0.1) is 48.5 Å². The van der Waals surface area contributed by atoms with Crippen LogP contribution >= 0.6 is 0 Å². The average Bonchev–Trinajstić information content (AvgIpc) is 3.68. The number of amides is 5. The van der Waals surface area contributed by atoms with Crippen LogP contribution in [-0.4, -0.2) is 106 Å². The zero-order chi connectivity index (χ0) is 45.7. The number of nitrogens with one attached hydrogen (secondary N) is 4. The number of benzene rings is 2. The minimum Gasteiger partial charge on any atom is -0.444 e. The zero-order valence-corrected chi connectivity index (χ0v) is 34.6. The predicted molar refractivity (Wildman–Crippen MR) is 224 cm³/mol. The third-order valence-electron chi connectivity index (χ3n) is 10.8. The fraction of sp³-hybridized carbons (Fsp3) is 0.341. The van der Waals surface area contributed by atoms with E-state index in [0.29, 0.717) is 41.5 Å². The number of hydrogen-bond donors (Lipinski definition) is 4. The number of piperidine rings is 1. The predicted octanol–water partition coefficient (Wildman–Crippen LogP) is 5.52. The number of fused-ring (bicyclic) bond motifs is 1. The van der Waals surface area contributed by atoms with E-state index in [-0.39, 0.29) is 79.9 Å². The van der Waals surface area contributed by atoms with Crippen molar-refractivity contribution in [3.63, 3.8) is 0 Å². The van der Waals surface area contributed by atoms with Crippen molar-refractivity contribution in [2.24, 2.45) is 5.92 Å². The van der Waals surface area contributed by atoms with Gasteiger partial charge in [0, 0.05) is 55.5 Å². The van der Waals surface area contributed by atoms with Gasteiger partial charge in [-0.25, -0.2) is 14.6 Å². The van der Waals surface area contributed by atoms with Crippen LogP contribution in [-0.2, 0) is 25.2 Å². The number of halogens is 3. The molecule has 5 amide bonds. The molecule has 18 nitrogen and oxygen atoms in total. The van der Waals surface area contributed by atoms with Crippen LogP contribution in [0.2, 0.25) is 0 Å². The van der Waals surface area contributed by atoms with E-state index in [4.69, 9.17) is 13.9 Å². The molecule has 1 saturated carbocycles. The van der Waals surface area contributed by atoms with Crippen molar-refractivity contribution >= 4 is 52.5 Å². The second kappa shape index (κ2) is 19.2. The lowest BCUT2D eigenvalue weighted by atomic mass is 10.0. The van der Waals surface area contributed by atoms with Gasteiger partial charge in [0.2, 0.25) is 17.7 Å². The summed E-state index contributed by atoms with van der Waals surface area (Å²) in [6.45, 7) is 2.07. The highest BCUT2D eigenvalue weighted by molar-refractivity contribution is 6.25. The summed E-state index contributed by atoms with van der Waals surface area (Å²) >= 11 is 0. The molecule has 2 aromatic carbocycles. The molecular weight excluding hydrogens is 856 g/mol. The number of anilines is 3. The third kappa shape index (κ3) is 10.4. The number of rotatable bonds is 20. The number of carbonyl (C=O) groups excluding carboxylic acids is 6. The zero-order valence-electron chi connectivity index (χ0n) is 34.6. The van der Waals surface area contributed by atoms with Gasteiger partial charge in [0.25, 0.3) is 17.7 Å². The van der Waals surface area contributed by atoms with Crippen molar-refractivity contribution < 1.29 is 55.8 Å². The number of Topliss-reactive ketones (excluding diaryl/α,β-unsaturated/α-hetero) is 1. The van der Waals surface area contributed by atoms with E-state index in [1.807, 2.05) is 0 Å². The lowest BCUT2D eigenvalue weighted by molar-refractivity contribution is -0.140. The Kier molecular flexibility index (Phi) is 13.1. The molecule has 0 bridgehead atoms. The summed E-state index contributed by atoms with van der Waals surface area (Å²) in [5.74, 6) is -2.19. The minimum absolute atomic E-state index is 0.0231. The number of pyridine rings is 1. The first-order chi connectivity index (χ1) is 31.3. The van der Waals surface area contributed by atoms with Gasteiger partial charge in [0.15, 0.2) is 17.2 Å². The molecule has 2 fully saturated rings. The quantitative estimate of drug-likeness (QED) is 0.0428. The molecule has 8 rings (SSSR count). The molecule has 4 N–H and O–H groups in total. The van der Waals surface area contributed by atoms with E-state index in [1.54, 1.807) is 30.5 Å². The maximum atomic E-state index is 14.1. The van der Waals surface area contributed by atoms with Crippen LogP contribution in [0.3, 0.4) is 0 Å². The number of ether oxygens (including phenoxy) is 2. The van der Waals surface area contributed by atoms with Crippen LogP contribution in [0.4, 0.5) is 30.4 Å². The molecule has 1 saturated heterocycles. The van der Waals surface area contributed by atoms with Gasteiger partial charge in [-0.3, -0.25) is 39.0 Å². The van der Waals surface area contributed by atoms with Gasteiger partial charge in [-0.1, -0.05) is 6.07 Å². The summed E-state index contributed by atoms with van der Waals surface area (Å²) in [4.78, 5) is 85.5. The monoisotopic (exact) mass is 897 g/mol. The van der Waals surface area contributed by atoms with Crippen molar-refractivity contribution in [2.75, 3.05) is 55.5 Å². The van der Waals surface area contributed by atoms with Crippen molar-refractivity contribution in [3.8, 4) is 17.1 Å². The standard InChI is InChI=1S/C44H42F3N9O9/c45-44(46,47)38-31(51-39(59)32-24-65-41(52-32)27-14-15-49-35(21-27)50-22-25-6-7-25)23-55(54-38)28-10-8-26(9-11-28)34(57)5-2-17-63-19-20-64-18-16-48-30-4-1-3-29-37(30)43(62)56(42(29)61)33-12-13-36(58)53-40(33)60/h1,3-4,8-11,14-15,21,23-25,33,48H,2,5-7,12-13,16-20,22H2,(H,49,50)(H,51,59)(H,53,58,60). The van der Waals surface area contributed by atoms with E-state index in [0.717, 1.165) is 41.4 Å². The fourth-order valence-corrected chi connectivity index (χ4v) is 7.26. The summed E-state index contributed by atoms with van der Waals surface area (Å²) in [7, 11) is 0. The molecular formula is C44H42F3N9O9. The number of nitrogens with zero attached hydrogens (tertiary/aromatic N) is 5. The average molecular weight is 898 g/mol. The van der Waals surface area contributed by atoms with Gasteiger partial charge < -0.3 is 29.8 Å². The van der Waals surface area contributed by atoms with Crippen molar-refractivity contribution in [1.82, 2.24) is 30.0 Å². The minimum atomic E-state index is -4.91. The molecule has 2 aliphatic heterocycles. The number of ketones is 1. The molecule has 5 aromatic rings. The highest BCUT2D eigenvalue weighted by Crippen LogP contribution is 2.36. The molecule has 65 heavy (non-hydrogen) atoms. The van der Waals surface area contributed by atoms with Gasteiger partial charge in [-0.15, -0.1) is 0 Å². The largest absolute Gasteiger partial charge is 0.444 e. The normalized spacial score (nSPS) is 16.1. The lowest BCUT2D eigenvalue weighted by Crippen LogP contribution is -2.54. The second-order valence-corrected chi connectivity index (χ2v) is 15.5. The Hall–Kier alpha value is -7.26. The van der Waals surface area contributed by atoms with Crippen molar-refractivity contribution in [1.29, 1.82) is 0 Å². The first-order valence-corrected chi connectivity index (χ1v) is 20.9. The molecule has 0 spiro atoms. The van der Waals surface area contributed by atoms with Crippen LogP contribution in [0, 0.1) is 5.92 Å². The molecule has 1 atom stereocenters. The highest BCUT2D eigenvalue weighted by Gasteiger charge is 2.45. The Bertz CT molecular complexity index is 2630. The van der Waals surface area contributed by atoms with Crippen LogP contribution in [0.25, 0.3) is 17.1 Å². The Labute approximate surface area is 368 Å². The fourth-order valence-electron chi connectivity index (χ4n) is 7.26. The number of hydrogen-bond acceptors (Lipinski definition) is 14. The van der Waals surface area contributed by atoms with Crippen LogP contribution in [0.5, 0.6) is 0 Å². The number of aromatic nitrogens is 4. The maximum Gasteiger partial charge on any atom is 0.437 e. The topological polar surface area (TPSA) is 229 Å². The molecule has 0 radical (unpaired) electrons. The molecule has 21 heteroatoms. The van der Waals surface area contributed by atoms with Crippen LogP contribution < -0.4 is 21.3 Å². The van der Waals surface area contributed by atoms with Gasteiger partial charge in [0.1, 0.15) is 18.1 Å². The van der Waals surface area contributed by atoms with Gasteiger partial charge >= 0.3 is 6.18 Å². The molecule has 3 aliphatic rings. The third-order valence-corrected chi connectivity index (χ3v) is 10.8. The van der Waals surface area contributed by atoms with E-state index in [9.17, 15) is 41.9 Å². The summed E-state index contributed by atoms with van der Waals surface area (Å²) in [6, 6.07) is 12.9. The van der Waals surface area contributed by atoms with Gasteiger partial charge in [-0.2, -0.15) is 18.3 Å². The summed E-state index contributed by atoms with van der Waals surface area (Å²) in [5, 5.41) is 14.4. The molecule has 1 aliphatic carbocycles. The molecule has 5 heterocycles. The molecule has 3 aromatic heterocycles. The first kappa shape index (κ1) is 44.4. The van der Waals surface area contributed by atoms with E-state index in [1.165, 1.54) is 30.3 Å². The maximum absolute atomic E-state index is 14.1. The first-order valence-electron chi connectivity index (χ1n) is 20.9. The Morgan fingerprint density at radius 2 is 1.69 bits per heavy atom. The Morgan fingerprint density at radius 1 is 0.908 bits per heavy atom. The highest BCUT2D eigenvalue weighted by atomic mass is 19.4. The summed E-state index contributed by atoms with van der Waals surface area (Å²) < 4.78 is 59.8. The smallest absolute Gasteiger partial charge is 0.437 e. The van der Waals surface area contributed by atoms with E-state index >= 15 is 0 Å². The number of carbonyl (C=O) groups is 6. The second-order valence-electron chi connectivity index (χ2n) is 15.5. The van der Waals surface area contributed by atoms with E-state index < -0.39 is 53.1 Å². The number of alkyl halides is 3. The molecule has 338 valence electrons. The summed E-state index contributed by atoms with van der Waals surface area (Å²) in [5.41, 5.74) is -0.368. The summed E-state index contributed by atoms with van der Waals surface area (Å²) in [6.07, 6.45) is 1.67. The SMILES string of the molecule is O=C1CCC(N2C(=O)c3cccc(NCCOCCOCCCC(=O)c4ccc(-n5cc(NC(=O)c6coc(-c7ccnc(NCC8CC8)c7)n6)c(C(F)(F)F)n5)cc4)c3C2=O)C(=O)N1. The van der Waals surface area contributed by atoms with Crippen LogP contribution in [0.15, 0.2) is 77.7 Å².